The summed E-state index contributed by atoms with van der Waals surface area (Å²) in [5.74, 6) is -0.922. The molecule has 1 atom stereocenters. The minimum Gasteiger partial charge on any atom is -0.481 e. The number of carboxylic acids is 1. The highest BCUT2D eigenvalue weighted by Gasteiger charge is 2.16. The fraction of sp³-hybridized carbons (Fsp3) is 0.643. The van der Waals surface area contributed by atoms with Crippen molar-refractivity contribution in [1.82, 2.24) is 0 Å². The second-order valence-corrected chi connectivity index (χ2v) is 4.74. The minimum absolute atomic E-state index is 0.240. The van der Waals surface area contributed by atoms with Crippen molar-refractivity contribution in [3.8, 4) is 0 Å². The molecule has 0 aromatic heterocycles. The molecule has 0 spiro atoms. The average molecular weight is 224 g/mol. The van der Waals surface area contributed by atoms with Gasteiger partial charge in [-0.15, -0.1) is 0 Å². The first-order valence-corrected chi connectivity index (χ1v) is 5.89. The maximum atomic E-state index is 11.0. The molecule has 0 amide bonds. The molecule has 0 saturated heterocycles. The van der Waals surface area contributed by atoms with Crippen LogP contribution in [-0.2, 0) is 4.79 Å². The Morgan fingerprint density at radius 3 is 2.12 bits per heavy atom. The van der Waals surface area contributed by atoms with Crippen molar-refractivity contribution in [3.63, 3.8) is 0 Å². The van der Waals surface area contributed by atoms with Gasteiger partial charge in [-0.25, -0.2) is 0 Å². The monoisotopic (exact) mass is 224 g/mol. The molecule has 16 heavy (non-hydrogen) atoms. The molecule has 0 fully saturated rings. The van der Waals surface area contributed by atoms with Crippen LogP contribution in [0.25, 0.3) is 0 Å². The highest BCUT2D eigenvalue weighted by molar-refractivity contribution is 5.70. The Hall–Kier alpha value is -1.05. The third kappa shape index (κ3) is 5.74. The summed E-state index contributed by atoms with van der Waals surface area (Å²) in [6, 6.07) is 0. The minimum atomic E-state index is -0.682. The van der Waals surface area contributed by atoms with Crippen LogP contribution in [-0.4, -0.2) is 11.1 Å². The molecule has 0 aliphatic rings. The fourth-order valence-corrected chi connectivity index (χ4v) is 1.52. The summed E-state index contributed by atoms with van der Waals surface area (Å²) in [6.07, 6.45) is 4.42. The Labute approximate surface area is 99.1 Å². The molecule has 1 N–H and O–H groups in total. The van der Waals surface area contributed by atoms with E-state index in [2.05, 4.69) is 33.8 Å². The SMILES string of the molecule is CCC(CC(CC=C(C)C)=C(C)C)C(=O)O. The third-order valence-electron chi connectivity index (χ3n) is 2.80. The fourth-order valence-electron chi connectivity index (χ4n) is 1.52. The summed E-state index contributed by atoms with van der Waals surface area (Å²) in [5, 5.41) is 9.04. The third-order valence-corrected chi connectivity index (χ3v) is 2.80. The van der Waals surface area contributed by atoms with Crippen LogP contribution < -0.4 is 0 Å². The number of carbonyl (C=O) groups is 1. The summed E-state index contributed by atoms with van der Waals surface area (Å²) in [4.78, 5) is 11.0. The van der Waals surface area contributed by atoms with Gasteiger partial charge < -0.3 is 5.11 Å². The molecule has 2 heteroatoms. The largest absolute Gasteiger partial charge is 0.481 e. The molecule has 0 rings (SSSR count). The molecule has 0 aliphatic carbocycles. The number of aliphatic carboxylic acids is 1. The van der Waals surface area contributed by atoms with Gasteiger partial charge >= 0.3 is 5.97 Å². The Kier molecular flexibility index (Phi) is 6.78. The number of allylic oxidation sites excluding steroid dienone is 4. The van der Waals surface area contributed by atoms with Gasteiger partial charge in [0.2, 0.25) is 0 Å². The Bertz CT molecular complexity index is 290. The van der Waals surface area contributed by atoms with Crippen LogP contribution in [0.2, 0.25) is 0 Å². The van der Waals surface area contributed by atoms with Gasteiger partial charge in [-0.05, 0) is 47.0 Å². The topological polar surface area (TPSA) is 37.3 Å². The van der Waals surface area contributed by atoms with Gasteiger partial charge in [0.1, 0.15) is 0 Å². The smallest absolute Gasteiger partial charge is 0.306 e. The van der Waals surface area contributed by atoms with Crippen LogP contribution in [0.15, 0.2) is 22.8 Å². The van der Waals surface area contributed by atoms with E-state index in [1.165, 1.54) is 16.7 Å². The molecule has 0 saturated carbocycles. The van der Waals surface area contributed by atoms with E-state index in [9.17, 15) is 4.79 Å². The van der Waals surface area contributed by atoms with E-state index < -0.39 is 5.97 Å². The molecule has 0 heterocycles. The van der Waals surface area contributed by atoms with E-state index in [0.29, 0.717) is 12.8 Å². The zero-order chi connectivity index (χ0) is 12.7. The lowest BCUT2D eigenvalue weighted by Crippen LogP contribution is -2.13. The molecule has 0 radical (unpaired) electrons. The second kappa shape index (κ2) is 7.26. The van der Waals surface area contributed by atoms with Crippen molar-refractivity contribution in [2.24, 2.45) is 5.92 Å². The van der Waals surface area contributed by atoms with Crippen LogP contribution in [0.4, 0.5) is 0 Å². The molecule has 2 nitrogen and oxygen atoms in total. The summed E-state index contributed by atoms with van der Waals surface area (Å²) in [7, 11) is 0. The number of hydrogen-bond acceptors (Lipinski definition) is 1. The van der Waals surface area contributed by atoms with Crippen molar-refractivity contribution in [3.05, 3.63) is 22.8 Å². The lowest BCUT2D eigenvalue weighted by atomic mass is 9.92. The quantitative estimate of drug-likeness (QED) is 0.687. The summed E-state index contributed by atoms with van der Waals surface area (Å²) in [5.41, 5.74) is 3.79. The van der Waals surface area contributed by atoms with E-state index in [4.69, 9.17) is 5.11 Å². The molecular formula is C14H24O2. The van der Waals surface area contributed by atoms with Gasteiger partial charge in [0.15, 0.2) is 0 Å². The first kappa shape index (κ1) is 14.9. The van der Waals surface area contributed by atoms with Gasteiger partial charge in [-0.1, -0.05) is 29.7 Å². The number of carboxylic acid groups (broad SMARTS) is 1. The first-order valence-electron chi connectivity index (χ1n) is 5.89. The van der Waals surface area contributed by atoms with Crippen LogP contribution >= 0.6 is 0 Å². The van der Waals surface area contributed by atoms with Gasteiger partial charge in [0, 0.05) is 0 Å². The Morgan fingerprint density at radius 1 is 1.25 bits per heavy atom. The van der Waals surface area contributed by atoms with E-state index in [1.807, 2.05) is 6.92 Å². The summed E-state index contributed by atoms with van der Waals surface area (Å²) >= 11 is 0. The highest BCUT2D eigenvalue weighted by Crippen LogP contribution is 2.22. The van der Waals surface area contributed by atoms with Crippen molar-refractivity contribution < 1.29 is 9.90 Å². The molecule has 0 aromatic rings. The van der Waals surface area contributed by atoms with E-state index in [-0.39, 0.29) is 5.92 Å². The maximum absolute atomic E-state index is 11.0. The summed E-state index contributed by atoms with van der Waals surface area (Å²) in [6.45, 7) is 10.2. The molecule has 92 valence electrons. The predicted octanol–water partition coefficient (Wildman–Crippen LogP) is 4.18. The maximum Gasteiger partial charge on any atom is 0.306 e. The molecule has 0 aliphatic heterocycles. The summed E-state index contributed by atoms with van der Waals surface area (Å²) < 4.78 is 0. The molecule has 1 unspecified atom stereocenters. The molecule has 0 bridgehead atoms. The van der Waals surface area contributed by atoms with E-state index in [1.54, 1.807) is 0 Å². The van der Waals surface area contributed by atoms with Crippen molar-refractivity contribution >= 4 is 5.97 Å². The van der Waals surface area contributed by atoms with Crippen LogP contribution in [0.1, 0.15) is 53.9 Å². The van der Waals surface area contributed by atoms with Crippen LogP contribution in [0, 0.1) is 5.92 Å². The van der Waals surface area contributed by atoms with Crippen molar-refractivity contribution in [1.29, 1.82) is 0 Å². The highest BCUT2D eigenvalue weighted by atomic mass is 16.4. The first-order chi connectivity index (χ1) is 7.38. The number of rotatable bonds is 6. The zero-order valence-electron chi connectivity index (χ0n) is 11.1. The van der Waals surface area contributed by atoms with Gasteiger partial charge in [0.25, 0.3) is 0 Å². The standard InChI is InChI=1S/C14H24O2/c1-6-12(14(15)16)9-13(11(4)5)8-7-10(2)3/h7,12H,6,8-9H2,1-5H3,(H,15,16). The molecule has 0 aromatic carbocycles. The van der Waals surface area contributed by atoms with Crippen molar-refractivity contribution in [2.45, 2.75) is 53.9 Å². The lowest BCUT2D eigenvalue weighted by Gasteiger charge is -2.13. The second-order valence-electron chi connectivity index (χ2n) is 4.74. The van der Waals surface area contributed by atoms with Crippen molar-refractivity contribution in [2.75, 3.05) is 0 Å². The van der Waals surface area contributed by atoms with E-state index >= 15 is 0 Å². The average Bonchev–Trinajstić information content (AvgIpc) is 2.16. The normalized spacial score (nSPS) is 11.8. The van der Waals surface area contributed by atoms with Crippen LogP contribution in [0.5, 0.6) is 0 Å². The van der Waals surface area contributed by atoms with Crippen LogP contribution in [0.3, 0.4) is 0 Å². The Balaban J connectivity index is 4.65. The lowest BCUT2D eigenvalue weighted by molar-refractivity contribution is -0.141. The van der Waals surface area contributed by atoms with Gasteiger partial charge in [-0.2, -0.15) is 0 Å². The number of hydrogen-bond donors (Lipinski definition) is 1. The zero-order valence-corrected chi connectivity index (χ0v) is 11.1. The van der Waals surface area contributed by atoms with E-state index in [0.717, 1.165) is 6.42 Å². The molecular weight excluding hydrogens is 200 g/mol. The van der Waals surface area contributed by atoms with Gasteiger partial charge in [-0.3, -0.25) is 4.79 Å². The Morgan fingerprint density at radius 2 is 1.81 bits per heavy atom. The van der Waals surface area contributed by atoms with Gasteiger partial charge in [0.05, 0.1) is 5.92 Å². The predicted molar refractivity (Wildman–Crippen MR) is 68.5 cm³/mol.